The Hall–Kier alpha value is -1.39. The van der Waals surface area contributed by atoms with Crippen LogP contribution in [0.25, 0.3) is 0 Å². The van der Waals surface area contributed by atoms with Gasteiger partial charge in [-0.25, -0.2) is 0 Å². The van der Waals surface area contributed by atoms with Crippen LogP contribution in [0.4, 0.5) is 11.9 Å². The minimum Gasteiger partial charge on any atom is -0.357 e. The molecule has 96 valence electrons. The van der Waals surface area contributed by atoms with Gasteiger partial charge in [0.05, 0.1) is 0 Å². The molecule has 0 aliphatic carbocycles. The Bertz CT molecular complexity index is 347. The molecule has 0 saturated heterocycles. The molecule has 0 atom stereocenters. The third-order valence-electron chi connectivity index (χ3n) is 2.53. The Morgan fingerprint density at radius 1 is 1.12 bits per heavy atom. The lowest BCUT2D eigenvalue weighted by atomic mass is 10.1. The minimum absolute atomic E-state index is 0.548. The van der Waals surface area contributed by atoms with Gasteiger partial charge in [-0.2, -0.15) is 15.0 Å². The summed E-state index contributed by atoms with van der Waals surface area (Å²) >= 11 is 0. The van der Waals surface area contributed by atoms with Crippen LogP contribution in [0, 0.1) is 5.92 Å². The predicted molar refractivity (Wildman–Crippen MR) is 71.5 cm³/mol. The third kappa shape index (κ3) is 3.84. The zero-order chi connectivity index (χ0) is 12.8. The zero-order valence-electron chi connectivity index (χ0n) is 11.5. The van der Waals surface area contributed by atoms with Crippen molar-refractivity contribution in [2.24, 2.45) is 5.92 Å². The molecule has 0 saturated carbocycles. The molecule has 0 bridgehead atoms. The monoisotopic (exact) mass is 237 g/mol. The van der Waals surface area contributed by atoms with Gasteiger partial charge in [-0.15, -0.1) is 0 Å². The van der Waals surface area contributed by atoms with Crippen LogP contribution in [0.2, 0.25) is 0 Å². The van der Waals surface area contributed by atoms with Crippen molar-refractivity contribution in [1.29, 1.82) is 0 Å². The van der Waals surface area contributed by atoms with Crippen LogP contribution in [0.15, 0.2) is 0 Å². The molecule has 0 aliphatic rings. The molecule has 0 spiro atoms. The van der Waals surface area contributed by atoms with E-state index in [0.717, 1.165) is 31.3 Å². The van der Waals surface area contributed by atoms with Crippen LogP contribution in [-0.4, -0.2) is 35.1 Å². The van der Waals surface area contributed by atoms with E-state index >= 15 is 0 Å². The van der Waals surface area contributed by atoms with Crippen LogP contribution >= 0.6 is 0 Å². The third-order valence-corrected chi connectivity index (χ3v) is 2.53. The highest BCUT2D eigenvalue weighted by Crippen LogP contribution is 2.12. The topological polar surface area (TPSA) is 53.9 Å². The van der Waals surface area contributed by atoms with Crippen LogP contribution in [0.3, 0.4) is 0 Å². The lowest BCUT2D eigenvalue weighted by Crippen LogP contribution is -2.25. The van der Waals surface area contributed by atoms with Gasteiger partial charge in [0.1, 0.15) is 5.82 Å². The minimum atomic E-state index is 0.548. The maximum Gasteiger partial charge on any atom is 0.230 e. The summed E-state index contributed by atoms with van der Waals surface area (Å²) < 4.78 is 0. The van der Waals surface area contributed by atoms with Crippen molar-refractivity contribution in [3.8, 4) is 0 Å². The van der Waals surface area contributed by atoms with Gasteiger partial charge in [0.2, 0.25) is 11.9 Å². The summed E-state index contributed by atoms with van der Waals surface area (Å²) in [5.41, 5.74) is 0. The molecule has 0 amide bonds. The van der Waals surface area contributed by atoms with Crippen molar-refractivity contribution in [2.75, 3.05) is 30.4 Å². The molecule has 0 unspecified atom stereocenters. The maximum atomic E-state index is 4.53. The fourth-order valence-electron chi connectivity index (χ4n) is 1.62. The second kappa shape index (κ2) is 6.37. The first-order valence-electron chi connectivity index (χ1n) is 6.28. The van der Waals surface area contributed by atoms with Gasteiger partial charge in [-0.3, -0.25) is 0 Å². The van der Waals surface area contributed by atoms with Crippen molar-refractivity contribution in [2.45, 2.75) is 34.1 Å². The van der Waals surface area contributed by atoms with Crippen molar-refractivity contribution < 1.29 is 0 Å². The highest BCUT2D eigenvalue weighted by Gasteiger charge is 2.11. The van der Waals surface area contributed by atoms with E-state index in [4.69, 9.17) is 0 Å². The number of rotatable bonds is 6. The van der Waals surface area contributed by atoms with Crippen LogP contribution < -0.4 is 10.2 Å². The Morgan fingerprint density at radius 2 is 1.76 bits per heavy atom. The molecule has 0 radical (unpaired) electrons. The normalized spacial score (nSPS) is 10.7. The Morgan fingerprint density at radius 3 is 2.24 bits per heavy atom. The standard InChI is InChI=1S/C12H23N5/c1-6-17(7-2)12-15-10(8-9(3)4)14-11(13-5)16-12/h9H,6-8H2,1-5H3,(H,13,14,15,16). The van der Waals surface area contributed by atoms with E-state index in [1.807, 2.05) is 7.05 Å². The summed E-state index contributed by atoms with van der Waals surface area (Å²) in [5, 5.41) is 3.00. The first-order valence-corrected chi connectivity index (χ1v) is 6.28. The van der Waals surface area contributed by atoms with E-state index in [9.17, 15) is 0 Å². The largest absolute Gasteiger partial charge is 0.357 e. The molecule has 1 heterocycles. The number of aromatic nitrogens is 3. The summed E-state index contributed by atoms with van der Waals surface area (Å²) in [5.74, 6) is 2.83. The van der Waals surface area contributed by atoms with Gasteiger partial charge >= 0.3 is 0 Å². The van der Waals surface area contributed by atoms with Gasteiger partial charge in [0, 0.05) is 26.6 Å². The van der Waals surface area contributed by atoms with E-state index < -0.39 is 0 Å². The van der Waals surface area contributed by atoms with Crippen molar-refractivity contribution in [3.63, 3.8) is 0 Å². The highest BCUT2D eigenvalue weighted by atomic mass is 15.3. The van der Waals surface area contributed by atoms with Crippen LogP contribution in [-0.2, 0) is 6.42 Å². The Labute approximate surface area is 104 Å². The fraction of sp³-hybridized carbons (Fsp3) is 0.750. The van der Waals surface area contributed by atoms with Gasteiger partial charge in [0.25, 0.3) is 0 Å². The molecule has 1 N–H and O–H groups in total. The molecule has 0 aliphatic heterocycles. The number of hydrogen-bond acceptors (Lipinski definition) is 5. The fourth-order valence-corrected chi connectivity index (χ4v) is 1.62. The van der Waals surface area contributed by atoms with Gasteiger partial charge in [-0.05, 0) is 19.8 Å². The van der Waals surface area contributed by atoms with Crippen LogP contribution in [0.5, 0.6) is 0 Å². The number of anilines is 2. The SMILES string of the molecule is CCN(CC)c1nc(CC(C)C)nc(NC)n1. The Balaban J connectivity index is 3.03. The van der Waals surface area contributed by atoms with Crippen LogP contribution in [0.1, 0.15) is 33.5 Å². The second-order valence-electron chi connectivity index (χ2n) is 4.40. The first-order chi connectivity index (χ1) is 8.10. The molecule has 0 fully saturated rings. The Kier molecular flexibility index (Phi) is 5.12. The summed E-state index contributed by atoms with van der Waals surface area (Å²) in [4.78, 5) is 15.4. The summed E-state index contributed by atoms with van der Waals surface area (Å²) in [6.07, 6.45) is 0.880. The molecular weight excluding hydrogens is 214 g/mol. The highest BCUT2D eigenvalue weighted by molar-refractivity contribution is 5.36. The second-order valence-corrected chi connectivity index (χ2v) is 4.40. The van der Waals surface area contributed by atoms with E-state index in [1.54, 1.807) is 0 Å². The number of nitrogens with zero attached hydrogens (tertiary/aromatic N) is 4. The predicted octanol–water partition coefficient (Wildman–Crippen LogP) is 1.96. The van der Waals surface area contributed by atoms with E-state index in [0.29, 0.717) is 11.9 Å². The van der Waals surface area contributed by atoms with Gasteiger partial charge in [-0.1, -0.05) is 13.8 Å². The van der Waals surface area contributed by atoms with E-state index in [1.165, 1.54) is 0 Å². The van der Waals surface area contributed by atoms with Gasteiger partial charge < -0.3 is 10.2 Å². The maximum absolute atomic E-state index is 4.53. The first kappa shape index (κ1) is 13.7. The van der Waals surface area contributed by atoms with E-state index in [2.05, 4.69) is 52.9 Å². The summed E-state index contributed by atoms with van der Waals surface area (Å²) in [7, 11) is 1.83. The zero-order valence-corrected chi connectivity index (χ0v) is 11.5. The number of hydrogen-bond donors (Lipinski definition) is 1. The van der Waals surface area contributed by atoms with Crippen molar-refractivity contribution in [1.82, 2.24) is 15.0 Å². The summed E-state index contributed by atoms with van der Waals surface area (Å²) in [6.45, 7) is 10.4. The van der Waals surface area contributed by atoms with E-state index in [-0.39, 0.29) is 0 Å². The summed E-state index contributed by atoms with van der Waals surface area (Å²) in [6, 6.07) is 0. The average molecular weight is 237 g/mol. The quantitative estimate of drug-likeness (QED) is 0.819. The molecule has 0 aromatic carbocycles. The lowest BCUT2D eigenvalue weighted by Gasteiger charge is -2.19. The smallest absolute Gasteiger partial charge is 0.230 e. The molecule has 1 rings (SSSR count). The molecule has 5 heteroatoms. The average Bonchev–Trinajstić information content (AvgIpc) is 2.29. The molecule has 5 nitrogen and oxygen atoms in total. The lowest BCUT2D eigenvalue weighted by molar-refractivity contribution is 0.616. The number of nitrogens with one attached hydrogen (secondary N) is 1. The molecule has 1 aromatic rings. The molecular formula is C12H23N5. The molecule has 17 heavy (non-hydrogen) atoms. The molecule has 1 aromatic heterocycles. The van der Waals surface area contributed by atoms with Gasteiger partial charge in [0.15, 0.2) is 0 Å². The van der Waals surface area contributed by atoms with Crippen molar-refractivity contribution in [3.05, 3.63) is 5.82 Å². The van der Waals surface area contributed by atoms with Crippen molar-refractivity contribution >= 4 is 11.9 Å².